The van der Waals surface area contributed by atoms with Crippen molar-refractivity contribution in [3.63, 3.8) is 0 Å². The van der Waals surface area contributed by atoms with E-state index in [9.17, 15) is 9.18 Å². The molecule has 3 N–H and O–H groups in total. The van der Waals surface area contributed by atoms with Crippen LogP contribution < -0.4 is 11.1 Å². The van der Waals surface area contributed by atoms with E-state index >= 15 is 0 Å². The molecule has 4 nitrogen and oxygen atoms in total. The number of benzene rings is 2. The molecule has 136 valence electrons. The molecule has 1 atom stereocenters. The van der Waals surface area contributed by atoms with Crippen LogP contribution in [0.15, 0.2) is 48.5 Å². The molecule has 0 saturated heterocycles. The lowest BCUT2D eigenvalue weighted by atomic mass is 9.81. The second-order valence-corrected chi connectivity index (χ2v) is 7.38. The zero-order chi connectivity index (χ0) is 18.1. The second kappa shape index (κ2) is 7.08. The molecule has 1 fully saturated rings. The van der Waals surface area contributed by atoms with Crippen LogP contribution in [0.1, 0.15) is 35.6 Å². The van der Waals surface area contributed by atoms with Crippen molar-refractivity contribution in [3.8, 4) is 0 Å². The number of hydrogen-bond donors (Lipinski definition) is 2. The van der Waals surface area contributed by atoms with E-state index in [0.717, 1.165) is 30.4 Å². The van der Waals surface area contributed by atoms with Crippen LogP contribution in [0.5, 0.6) is 0 Å². The maximum absolute atomic E-state index is 13.4. The summed E-state index contributed by atoms with van der Waals surface area (Å²) in [6.07, 6.45) is 2.78. The van der Waals surface area contributed by atoms with Crippen molar-refractivity contribution >= 4 is 6.03 Å². The summed E-state index contributed by atoms with van der Waals surface area (Å²) in [5, 5.41) is 3.07. The maximum atomic E-state index is 13.4. The average Bonchev–Trinajstić information content (AvgIpc) is 2.64. The van der Waals surface area contributed by atoms with E-state index in [2.05, 4.69) is 17.4 Å². The van der Waals surface area contributed by atoms with E-state index in [4.69, 9.17) is 5.73 Å². The highest BCUT2D eigenvalue weighted by atomic mass is 19.1. The standard InChI is InChI=1S/C21H24FN3O/c22-17-7-5-16(6-8-17)20-19-4-2-1-3-15(19)9-10-25(20)21(26)24-13-14-11-18(23)12-14/h1-8,14,18,20H,9-13,23H2,(H,24,26)/t14?,18?,20-/m0/s1. The average molecular weight is 353 g/mol. The number of urea groups is 1. The summed E-state index contributed by atoms with van der Waals surface area (Å²) in [6, 6.07) is 14.7. The van der Waals surface area contributed by atoms with Gasteiger partial charge in [0.2, 0.25) is 0 Å². The van der Waals surface area contributed by atoms with E-state index in [1.807, 2.05) is 17.0 Å². The Balaban J connectivity index is 1.58. The molecular weight excluding hydrogens is 329 g/mol. The van der Waals surface area contributed by atoms with Gasteiger partial charge in [0.05, 0.1) is 6.04 Å². The monoisotopic (exact) mass is 353 g/mol. The van der Waals surface area contributed by atoms with E-state index in [-0.39, 0.29) is 23.9 Å². The van der Waals surface area contributed by atoms with Crippen molar-refractivity contribution in [3.05, 3.63) is 71.0 Å². The summed E-state index contributed by atoms with van der Waals surface area (Å²) in [5.74, 6) is 0.213. The minimum atomic E-state index is -0.268. The first-order chi connectivity index (χ1) is 12.6. The lowest BCUT2D eigenvalue weighted by molar-refractivity contribution is 0.172. The Morgan fingerprint density at radius 2 is 1.88 bits per heavy atom. The molecule has 2 aromatic carbocycles. The molecule has 1 heterocycles. The third-order valence-electron chi connectivity index (χ3n) is 5.54. The number of carbonyl (C=O) groups is 1. The summed E-state index contributed by atoms with van der Waals surface area (Å²) < 4.78 is 13.4. The Kier molecular flexibility index (Phi) is 4.64. The molecule has 0 bridgehead atoms. The maximum Gasteiger partial charge on any atom is 0.318 e. The van der Waals surface area contributed by atoms with E-state index in [0.29, 0.717) is 19.0 Å². The summed E-state index contributed by atoms with van der Waals surface area (Å²) in [7, 11) is 0. The van der Waals surface area contributed by atoms with Crippen molar-refractivity contribution in [2.45, 2.75) is 31.3 Å². The molecule has 1 saturated carbocycles. The molecule has 5 heteroatoms. The molecule has 0 radical (unpaired) electrons. The molecular formula is C21H24FN3O. The highest BCUT2D eigenvalue weighted by molar-refractivity contribution is 5.76. The van der Waals surface area contributed by atoms with Gasteiger partial charge in [0.1, 0.15) is 5.82 Å². The zero-order valence-corrected chi connectivity index (χ0v) is 14.7. The predicted octanol–water partition coefficient (Wildman–Crippen LogP) is 3.22. The first kappa shape index (κ1) is 17.0. The van der Waals surface area contributed by atoms with Crippen LogP contribution in [-0.2, 0) is 6.42 Å². The number of halogens is 1. The van der Waals surface area contributed by atoms with Gasteiger partial charge in [-0.2, -0.15) is 0 Å². The molecule has 2 aliphatic rings. The van der Waals surface area contributed by atoms with Gasteiger partial charge in [-0.15, -0.1) is 0 Å². The minimum Gasteiger partial charge on any atom is -0.338 e. The van der Waals surface area contributed by atoms with Gasteiger partial charge in [-0.05, 0) is 54.0 Å². The first-order valence-electron chi connectivity index (χ1n) is 9.25. The van der Waals surface area contributed by atoms with Crippen molar-refractivity contribution in [2.75, 3.05) is 13.1 Å². The van der Waals surface area contributed by atoms with Gasteiger partial charge in [-0.1, -0.05) is 36.4 Å². The summed E-state index contributed by atoms with van der Waals surface area (Å²) in [5.41, 5.74) is 9.12. The SMILES string of the molecule is NC1CC(CNC(=O)N2CCc3ccccc3[C@@H]2c2ccc(F)cc2)C1. The van der Waals surface area contributed by atoms with Crippen LogP contribution in [0.2, 0.25) is 0 Å². The Bertz CT molecular complexity index is 786. The number of nitrogens with one attached hydrogen (secondary N) is 1. The van der Waals surface area contributed by atoms with Gasteiger partial charge in [0.15, 0.2) is 0 Å². The number of nitrogens with zero attached hydrogens (tertiary/aromatic N) is 1. The molecule has 4 rings (SSSR count). The quantitative estimate of drug-likeness (QED) is 0.890. The Morgan fingerprint density at radius 3 is 2.62 bits per heavy atom. The van der Waals surface area contributed by atoms with Crippen molar-refractivity contribution in [1.82, 2.24) is 10.2 Å². The van der Waals surface area contributed by atoms with Crippen LogP contribution >= 0.6 is 0 Å². The molecule has 2 aromatic rings. The first-order valence-corrected chi connectivity index (χ1v) is 9.25. The van der Waals surface area contributed by atoms with E-state index in [1.54, 1.807) is 12.1 Å². The molecule has 0 spiro atoms. The highest BCUT2D eigenvalue weighted by Gasteiger charge is 2.33. The molecule has 1 aliphatic heterocycles. The lowest BCUT2D eigenvalue weighted by Gasteiger charge is -2.39. The fourth-order valence-electron chi connectivity index (χ4n) is 4.08. The van der Waals surface area contributed by atoms with Crippen LogP contribution in [0.3, 0.4) is 0 Å². The number of fused-ring (bicyclic) bond motifs is 1. The Labute approximate surface area is 153 Å². The second-order valence-electron chi connectivity index (χ2n) is 7.38. The minimum absolute atomic E-state index is 0.0608. The largest absolute Gasteiger partial charge is 0.338 e. The van der Waals surface area contributed by atoms with Gasteiger partial charge in [0, 0.05) is 19.1 Å². The summed E-state index contributed by atoms with van der Waals surface area (Å²) >= 11 is 0. The lowest BCUT2D eigenvalue weighted by Crippen LogP contribution is -2.49. The molecule has 0 unspecified atom stereocenters. The normalized spacial score (nSPS) is 24.5. The molecule has 26 heavy (non-hydrogen) atoms. The third kappa shape index (κ3) is 3.31. The number of nitrogens with two attached hydrogens (primary N) is 1. The van der Waals surface area contributed by atoms with Crippen LogP contribution in [0.4, 0.5) is 9.18 Å². The molecule has 0 aromatic heterocycles. The Morgan fingerprint density at radius 1 is 1.15 bits per heavy atom. The van der Waals surface area contributed by atoms with Crippen molar-refractivity contribution in [2.24, 2.45) is 11.7 Å². The smallest absolute Gasteiger partial charge is 0.318 e. The fourth-order valence-corrected chi connectivity index (χ4v) is 4.08. The van der Waals surface area contributed by atoms with Crippen molar-refractivity contribution < 1.29 is 9.18 Å². The number of hydrogen-bond acceptors (Lipinski definition) is 2. The number of amides is 2. The van der Waals surface area contributed by atoms with Gasteiger partial charge in [-0.25, -0.2) is 9.18 Å². The number of rotatable bonds is 3. The van der Waals surface area contributed by atoms with Gasteiger partial charge >= 0.3 is 6.03 Å². The van der Waals surface area contributed by atoms with E-state index in [1.165, 1.54) is 17.7 Å². The summed E-state index contributed by atoms with van der Waals surface area (Å²) in [6.45, 7) is 1.32. The third-order valence-corrected chi connectivity index (χ3v) is 5.54. The van der Waals surface area contributed by atoms with Gasteiger partial charge < -0.3 is 16.0 Å². The topological polar surface area (TPSA) is 58.4 Å². The van der Waals surface area contributed by atoms with E-state index < -0.39 is 0 Å². The number of carbonyl (C=O) groups excluding carboxylic acids is 1. The summed E-state index contributed by atoms with van der Waals surface area (Å²) in [4.78, 5) is 14.8. The van der Waals surface area contributed by atoms with Crippen LogP contribution in [0.25, 0.3) is 0 Å². The van der Waals surface area contributed by atoms with Gasteiger partial charge in [0.25, 0.3) is 0 Å². The molecule has 2 amide bonds. The van der Waals surface area contributed by atoms with Crippen molar-refractivity contribution in [1.29, 1.82) is 0 Å². The Hall–Kier alpha value is -2.40. The fraction of sp³-hybridized carbons (Fsp3) is 0.381. The molecule has 1 aliphatic carbocycles. The van der Waals surface area contributed by atoms with Crippen LogP contribution in [-0.4, -0.2) is 30.1 Å². The van der Waals surface area contributed by atoms with Gasteiger partial charge in [-0.3, -0.25) is 0 Å². The predicted molar refractivity (Wildman–Crippen MR) is 99.2 cm³/mol. The zero-order valence-electron chi connectivity index (χ0n) is 14.7. The highest BCUT2D eigenvalue weighted by Crippen LogP contribution is 2.35. The van der Waals surface area contributed by atoms with Crippen LogP contribution in [0, 0.1) is 11.7 Å².